The number of aromatic nitrogens is 4. The van der Waals surface area contributed by atoms with E-state index in [-0.39, 0.29) is 18.4 Å². The van der Waals surface area contributed by atoms with Crippen LogP contribution in [0.1, 0.15) is 23.8 Å². The lowest BCUT2D eigenvalue weighted by molar-refractivity contribution is -0.115. The van der Waals surface area contributed by atoms with Gasteiger partial charge in [0.05, 0.1) is 46.6 Å². The maximum atomic E-state index is 12.6. The molecule has 0 aliphatic heterocycles. The van der Waals surface area contributed by atoms with Crippen molar-refractivity contribution in [1.29, 1.82) is 0 Å². The maximum absolute atomic E-state index is 12.6. The summed E-state index contributed by atoms with van der Waals surface area (Å²) in [5.41, 5.74) is 2.97. The van der Waals surface area contributed by atoms with Crippen molar-refractivity contribution < 1.29 is 14.7 Å². The van der Waals surface area contributed by atoms with Crippen LogP contribution in [0, 0.1) is 0 Å². The Hall–Kier alpha value is -3.67. The lowest BCUT2D eigenvalue weighted by Gasteiger charge is -2.19. The molecule has 3 heterocycles. The van der Waals surface area contributed by atoms with Crippen LogP contribution in [-0.4, -0.2) is 49.1 Å². The lowest BCUT2D eigenvalue weighted by atomic mass is 10.2. The van der Waals surface area contributed by atoms with Gasteiger partial charge >= 0.3 is 0 Å². The maximum Gasteiger partial charge on any atom is 0.269 e. The fourth-order valence-corrected chi connectivity index (χ4v) is 5.89. The number of benzene rings is 2. The van der Waals surface area contributed by atoms with Crippen LogP contribution < -0.4 is 9.62 Å². The van der Waals surface area contributed by atoms with Crippen molar-refractivity contribution in [3.05, 3.63) is 72.9 Å². The molecule has 11 heteroatoms. The summed E-state index contributed by atoms with van der Waals surface area (Å²) in [6.45, 7) is 1.94. The molecule has 36 heavy (non-hydrogen) atoms. The quantitative estimate of drug-likeness (QED) is 0.251. The van der Waals surface area contributed by atoms with Crippen LogP contribution in [0.25, 0.3) is 21.1 Å². The van der Waals surface area contributed by atoms with Crippen molar-refractivity contribution in [3.8, 4) is 0 Å². The minimum Gasteiger partial charge on any atom is -0.394 e. The van der Waals surface area contributed by atoms with Gasteiger partial charge in [-0.3, -0.25) is 9.59 Å². The third-order valence-electron chi connectivity index (χ3n) is 5.74. The zero-order valence-electron chi connectivity index (χ0n) is 19.4. The number of aliphatic hydroxyl groups excluding tert-OH is 1. The summed E-state index contributed by atoms with van der Waals surface area (Å²) in [5.74, 6) is -0.409. The van der Waals surface area contributed by atoms with E-state index in [4.69, 9.17) is 0 Å². The Morgan fingerprint density at radius 2 is 2.11 bits per heavy atom. The molecule has 2 amide bonds. The van der Waals surface area contributed by atoms with E-state index < -0.39 is 6.04 Å². The molecule has 1 atom stereocenters. The van der Waals surface area contributed by atoms with Crippen molar-refractivity contribution in [2.24, 2.45) is 0 Å². The number of hydrogen-bond donors (Lipinski definition) is 3. The number of para-hydroxylation sites is 1. The lowest BCUT2D eigenvalue weighted by Crippen LogP contribution is -2.38. The Balaban J connectivity index is 1.33. The first-order valence-corrected chi connectivity index (χ1v) is 12.9. The van der Waals surface area contributed by atoms with Gasteiger partial charge in [-0.15, -0.1) is 11.3 Å². The van der Waals surface area contributed by atoms with Crippen molar-refractivity contribution in [2.75, 3.05) is 10.9 Å². The highest BCUT2D eigenvalue weighted by molar-refractivity contribution is 8.03. The van der Waals surface area contributed by atoms with Crippen LogP contribution in [0.15, 0.2) is 71.6 Å². The standard InChI is InChI=1S/C25H24N6O3S2/c1-16(33)31(36-25-29-20-4-2-3-5-23(20)35-25)19-7-6-17-8-10-30(22(17)12-19)11-9-18(14-32)28-24(34)21-13-26-15-27-21/h2-8,10,12-13,15,18,32H,9,11,14H2,1H3,(H,26,27)(H,28,34)/t18-/m1/s1. The highest BCUT2D eigenvalue weighted by Crippen LogP contribution is 2.35. The van der Waals surface area contributed by atoms with Gasteiger partial charge in [-0.1, -0.05) is 18.2 Å². The van der Waals surface area contributed by atoms with E-state index in [9.17, 15) is 14.7 Å². The second-order valence-electron chi connectivity index (χ2n) is 8.21. The molecule has 0 aliphatic rings. The number of H-pyrrole nitrogens is 1. The summed E-state index contributed by atoms with van der Waals surface area (Å²) in [4.78, 5) is 36.1. The first-order chi connectivity index (χ1) is 17.5. The van der Waals surface area contributed by atoms with Crippen molar-refractivity contribution in [3.63, 3.8) is 0 Å². The average molecular weight is 521 g/mol. The number of aliphatic hydroxyl groups is 1. The van der Waals surface area contributed by atoms with E-state index >= 15 is 0 Å². The minimum atomic E-state index is -0.412. The van der Waals surface area contributed by atoms with Gasteiger partial charge in [0.2, 0.25) is 5.91 Å². The van der Waals surface area contributed by atoms with Crippen LogP contribution in [0.2, 0.25) is 0 Å². The van der Waals surface area contributed by atoms with Gasteiger partial charge in [0.1, 0.15) is 5.69 Å². The zero-order valence-corrected chi connectivity index (χ0v) is 21.1. The summed E-state index contributed by atoms with van der Waals surface area (Å²) in [6.07, 6.45) is 5.38. The van der Waals surface area contributed by atoms with Gasteiger partial charge in [-0.05, 0) is 42.1 Å². The number of carbonyl (C=O) groups excluding carboxylic acids is 2. The minimum absolute atomic E-state index is 0.0985. The van der Waals surface area contributed by atoms with Gasteiger partial charge in [-0.2, -0.15) is 0 Å². The monoisotopic (exact) mass is 520 g/mol. The van der Waals surface area contributed by atoms with Crippen LogP contribution in [0.4, 0.5) is 5.69 Å². The number of hydrogen-bond acceptors (Lipinski definition) is 7. The van der Waals surface area contributed by atoms with Crippen molar-refractivity contribution in [1.82, 2.24) is 24.8 Å². The molecule has 0 saturated heterocycles. The van der Waals surface area contributed by atoms with Crippen LogP contribution in [-0.2, 0) is 11.3 Å². The van der Waals surface area contributed by atoms with Gasteiger partial charge in [-0.25, -0.2) is 14.3 Å². The molecule has 0 aliphatic carbocycles. The average Bonchev–Trinajstić information content (AvgIpc) is 3.64. The van der Waals surface area contributed by atoms with Crippen LogP contribution >= 0.6 is 23.3 Å². The number of nitrogens with one attached hydrogen (secondary N) is 2. The highest BCUT2D eigenvalue weighted by Gasteiger charge is 2.18. The second kappa shape index (κ2) is 10.5. The van der Waals surface area contributed by atoms with E-state index in [0.717, 1.165) is 31.1 Å². The fourth-order valence-electron chi connectivity index (χ4n) is 3.91. The van der Waals surface area contributed by atoms with Crippen LogP contribution in [0.5, 0.6) is 0 Å². The normalized spacial score (nSPS) is 12.2. The molecule has 9 nitrogen and oxygen atoms in total. The molecule has 0 fully saturated rings. The molecule has 5 rings (SSSR count). The van der Waals surface area contributed by atoms with E-state index in [1.54, 1.807) is 15.6 Å². The number of amides is 2. The molecule has 3 N–H and O–H groups in total. The smallest absolute Gasteiger partial charge is 0.269 e. The Morgan fingerprint density at radius 1 is 1.25 bits per heavy atom. The number of aromatic amines is 1. The molecule has 0 bridgehead atoms. The van der Waals surface area contributed by atoms with E-state index in [2.05, 4.69) is 24.8 Å². The van der Waals surface area contributed by atoms with E-state index in [1.165, 1.54) is 31.4 Å². The number of rotatable bonds is 9. The summed E-state index contributed by atoms with van der Waals surface area (Å²) in [6, 6.07) is 15.4. The molecule has 2 aromatic carbocycles. The fraction of sp³-hybridized carbons (Fsp3) is 0.200. The zero-order chi connectivity index (χ0) is 25.1. The van der Waals surface area contributed by atoms with Crippen LogP contribution in [0.3, 0.4) is 0 Å². The first-order valence-electron chi connectivity index (χ1n) is 11.3. The van der Waals surface area contributed by atoms with Gasteiger partial charge in [0.25, 0.3) is 5.91 Å². The number of carbonyl (C=O) groups is 2. The summed E-state index contributed by atoms with van der Waals surface area (Å²) in [5, 5.41) is 13.6. The predicted octanol–water partition coefficient (Wildman–Crippen LogP) is 4.22. The first kappa shape index (κ1) is 24.0. The summed E-state index contributed by atoms with van der Waals surface area (Å²) in [7, 11) is 0. The summed E-state index contributed by atoms with van der Waals surface area (Å²) >= 11 is 2.87. The van der Waals surface area contributed by atoms with Gasteiger partial charge in [0.15, 0.2) is 4.34 Å². The molecule has 184 valence electrons. The predicted molar refractivity (Wildman–Crippen MR) is 142 cm³/mol. The van der Waals surface area contributed by atoms with Crippen molar-refractivity contribution in [2.45, 2.75) is 30.3 Å². The molecule has 0 unspecified atom stereocenters. The number of thiazole rings is 1. The number of fused-ring (bicyclic) bond motifs is 2. The molecule has 0 saturated carbocycles. The van der Waals surface area contributed by atoms with Gasteiger partial charge in [0, 0.05) is 31.6 Å². The van der Waals surface area contributed by atoms with Crippen molar-refractivity contribution >= 4 is 61.9 Å². The number of anilines is 1. The Kier molecular flexibility index (Phi) is 7.03. The van der Waals surface area contributed by atoms with Gasteiger partial charge < -0.3 is 20.0 Å². The molecule has 5 aromatic rings. The highest BCUT2D eigenvalue weighted by atomic mass is 32.2. The molecule has 0 radical (unpaired) electrons. The second-order valence-corrected chi connectivity index (χ2v) is 10.4. The third-order valence-corrected chi connectivity index (χ3v) is 7.94. The number of aryl methyl sites for hydroxylation is 1. The molecule has 0 spiro atoms. The van der Waals surface area contributed by atoms with E-state index in [0.29, 0.717) is 18.7 Å². The SMILES string of the molecule is CC(=O)N(Sc1nc2ccccc2s1)c1ccc2ccn(CC[C@H](CO)NC(=O)c3cnc[nH]3)c2c1. The summed E-state index contributed by atoms with van der Waals surface area (Å²) < 4.78 is 5.58. The Bertz CT molecular complexity index is 1480. The third kappa shape index (κ3) is 5.13. The number of nitrogens with zero attached hydrogens (tertiary/aromatic N) is 4. The largest absolute Gasteiger partial charge is 0.394 e. The topological polar surface area (TPSA) is 116 Å². The Morgan fingerprint density at radius 3 is 2.86 bits per heavy atom. The molecular weight excluding hydrogens is 496 g/mol. The molecular formula is C25H24N6O3S2. The number of imidazole rings is 1. The molecule has 3 aromatic heterocycles. The van der Waals surface area contributed by atoms with E-state index in [1.807, 2.05) is 54.7 Å². The Labute approximate surface area is 215 Å².